The van der Waals surface area contributed by atoms with Gasteiger partial charge in [-0.2, -0.15) is 5.26 Å². The molecule has 0 saturated heterocycles. The smallest absolute Gasteiger partial charge is 0.0716 e. The van der Waals surface area contributed by atoms with E-state index in [1.54, 1.807) is 6.07 Å². The lowest BCUT2D eigenvalue weighted by molar-refractivity contribution is 0.854. The summed E-state index contributed by atoms with van der Waals surface area (Å²) in [6.07, 6.45) is 2.11. The average molecular weight is 241 g/mol. The van der Waals surface area contributed by atoms with Gasteiger partial charge in [0.25, 0.3) is 0 Å². The van der Waals surface area contributed by atoms with Gasteiger partial charge in [-0.25, -0.2) is 0 Å². The Morgan fingerprint density at radius 2 is 2.07 bits per heavy atom. The first-order valence-electron chi connectivity index (χ1n) is 4.22. The van der Waals surface area contributed by atoms with E-state index >= 15 is 0 Å². The Morgan fingerprint density at radius 3 is 2.71 bits per heavy atom. The molecule has 0 N–H and O–H groups in total. The van der Waals surface area contributed by atoms with Crippen molar-refractivity contribution in [1.29, 1.82) is 5.26 Å². The van der Waals surface area contributed by atoms with E-state index < -0.39 is 0 Å². The molecule has 0 aliphatic rings. The SMILES string of the molecule is N#CCCCc1c([Si])ccc(Cl)c1Cl. The van der Waals surface area contributed by atoms with Gasteiger partial charge in [0.05, 0.1) is 26.4 Å². The van der Waals surface area contributed by atoms with Gasteiger partial charge in [0.1, 0.15) is 0 Å². The zero-order valence-corrected chi connectivity index (χ0v) is 9.99. The lowest BCUT2D eigenvalue weighted by Gasteiger charge is -2.08. The first kappa shape index (κ1) is 11.6. The van der Waals surface area contributed by atoms with E-state index in [1.807, 2.05) is 6.07 Å². The molecular formula is C10H8Cl2NSi. The molecule has 0 aromatic heterocycles. The van der Waals surface area contributed by atoms with Crippen LogP contribution in [0, 0.1) is 11.3 Å². The number of rotatable bonds is 3. The minimum absolute atomic E-state index is 0.536. The second kappa shape index (κ2) is 5.40. The first-order chi connectivity index (χ1) is 6.66. The van der Waals surface area contributed by atoms with Gasteiger partial charge in [-0.1, -0.05) is 34.5 Å². The van der Waals surface area contributed by atoms with Crippen molar-refractivity contribution in [2.75, 3.05) is 0 Å². The number of halogens is 2. The maximum absolute atomic E-state index is 8.42. The van der Waals surface area contributed by atoms with E-state index in [9.17, 15) is 0 Å². The van der Waals surface area contributed by atoms with E-state index in [-0.39, 0.29) is 0 Å². The molecule has 0 amide bonds. The summed E-state index contributed by atoms with van der Waals surface area (Å²) >= 11 is 11.9. The quantitative estimate of drug-likeness (QED) is 0.589. The summed E-state index contributed by atoms with van der Waals surface area (Å²) in [4.78, 5) is 0. The molecule has 1 aromatic rings. The standard InChI is InChI=1S/C10H8Cl2NSi/c11-8-4-5-9(14)7(10(8)12)3-1-2-6-13/h4-5H,1-3H2. The number of hydrogen-bond donors (Lipinski definition) is 0. The highest BCUT2D eigenvalue weighted by atomic mass is 35.5. The molecule has 71 valence electrons. The average Bonchev–Trinajstić information content (AvgIpc) is 2.18. The maximum atomic E-state index is 8.42. The van der Waals surface area contributed by atoms with Gasteiger partial charge >= 0.3 is 0 Å². The molecule has 1 rings (SSSR count). The Kier molecular flexibility index (Phi) is 4.47. The number of nitrogens with zero attached hydrogens (tertiary/aromatic N) is 1. The fourth-order valence-corrected chi connectivity index (χ4v) is 2.03. The van der Waals surface area contributed by atoms with Crippen LogP contribution in [0.2, 0.25) is 10.0 Å². The summed E-state index contributed by atoms with van der Waals surface area (Å²) in [6.45, 7) is 0. The van der Waals surface area contributed by atoms with Gasteiger partial charge in [-0.3, -0.25) is 0 Å². The highest BCUT2D eigenvalue weighted by Gasteiger charge is 2.07. The predicted octanol–water partition coefficient (Wildman–Crippen LogP) is 2.63. The lowest BCUT2D eigenvalue weighted by Crippen LogP contribution is -2.10. The Balaban J connectivity index is 2.85. The molecule has 0 aliphatic carbocycles. The van der Waals surface area contributed by atoms with Crippen LogP contribution in [0.25, 0.3) is 0 Å². The van der Waals surface area contributed by atoms with Gasteiger partial charge in [0, 0.05) is 6.42 Å². The van der Waals surface area contributed by atoms with Crippen molar-refractivity contribution in [2.24, 2.45) is 0 Å². The lowest BCUT2D eigenvalue weighted by atomic mass is 10.1. The van der Waals surface area contributed by atoms with Crippen LogP contribution in [0.3, 0.4) is 0 Å². The van der Waals surface area contributed by atoms with Gasteiger partial charge in [-0.05, 0) is 24.5 Å². The number of nitriles is 1. The Morgan fingerprint density at radius 1 is 1.36 bits per heavy atom. The molecule has 0 unspecified atom stereocenters. The van der Waals surface area contributed by atoms with Crippen molar-refractivity contribution in [1.82, 2.24) is 0 Å². The summed E-state index contributed by atoms with van der Waals surface area (Å²) < 4.78 is 0. The Labute approximate surface area is 97.1 Å². The van der Waals surface area contributed by atoms with Crippen molar-refractivity contribution < 1.29 is 0 Å². The van der Waals surface area contributed by atoms with Crippen LogP contribution in [0.5, 0.6) is 0 Å². The summed E-state index contributed by atoms with van der Waals surface area (Å²) in [5.41, 5.74) is 0.978. The van der Waals surface area contributed by atoms with Crippen LogP contribution in [0.15, 0.2) is 12.1 Å². The highest BCUT2D eigenvalue weighted by Crippen LogP contribution is 2.25. The largest absolute Gasteiger partial charge is 0.198 e. The zero-order valence-electron chi connectivity index (χ0n) is 7.48. The molecule has 0 bridgehead atoms. The molecule has 0 spiro atoms. The van der Waals surface area contributed by atoms with E-state index in [4.69, 9.17) is 28.5 Å². The first-order valence-corrected chi connectivity index (χ1v) is 5.48. The highest BCUT2D eigenvalue weighted by molar-refractivity contribution is 6.44. The van der Waals surface area contributed by atoms with E-state index in [0.717, 1.165) is 23.6 Å². The third kappa shape index (κ3) is 2.75. The summed E-state index contributed by atoms with van der Waals surface area (Å²) in [6, 6.07) is 5.72. The molecule has 1 nitrogen and oxygen atoms in total. The molecule has 3 radical (unpaired) electrons. The molecule has 4 heteroatoms. The molecule has 14 heavy (non-hydrogen) atoms. The van der Waals surface area contributed by atoms with E-state index in [2.05, 4.69) is 16.3 Å². The maximum Gasteiger partial charge on any atom is 0.0716 e. The number of benzene rings is 1. The summed E-state index contributed by atoms with van der Waals surface area (Å²) in [5, 5.41) is 10.5. The molecule has 0 saturated carbocycles. The summed E-state index contributed by atoms with van der Waals surface area (Å²) in [5.74, 6) is 0. The predicted molar refractivity (Wildman–Crippen MR) is 60.4 cm³/mol. The molecule has 1 aromatic carbocycles. The fourth-order valence-electron chi connectivity index (χ4n) is 1.18. The Hall–Kier alpha value is -0.493. The monoisotopic (exact) mass is 240 g/mol. The molecular weight excluding hydrogens is 233 g/mol. The molecule has 0 atom stereocenters. The van der Waals surface area contributed by atoms with Crippen LogP contribution in [-0.4, -0.2) is 10.2 Å². The van der Waals surface area contributed by atoms with Crippen LogP contribution in [0.4, 0.5) is 0 Å². The van der Waals surface area contributed by atoms with Crippen molar-refractivity contribution in [3.63, 3.8) is 0 Å². The van der Waals surface area contributed by atoms with Crippen molar-refractivity contribution >= 4 is 38.6 Å². The fraction of sp³-hybridized carbons (Fsp3) is 0.300. The number of hydrogen-bond acceptors (Lipinski definition) is 1. The molecule has 0 heterocycles. The van der Waals surface area contributed by atoms with Crippen LogP contribution in [-0.2, 0) is 6.42 Å². The third-order valence-corrected chi connectivity index (χ3v) is 3.22. The minimum Gasteiger partial charge on any atom is -0.198 e. The van der Waals surface area contributed by atoms with Crippen LogP contribution in [0.1, 0.15) is 18.4 Å². The van der Waals surface area contributed by atoms with Gasteiger partial charge < -0.3 is 0 Å². The van der Waals surface area contributed by atoms with Gasteiger partial charge in [-0.15, -0.1) is 0 Å². The topological polar surface area (TPSA) is 23.8 Å². The molecule has 0 fully saturated rings. The van der Waals surface area contributed by atoms with Crippen molar-refractivity contribution in [3.8, 4) is 6.07 Å². The van der Waals surface area contributed by atoms with Gasteiger partial charge in [0.2, 0.25) is 0 Å². The normalized spacial score (nSPS) is 9.86. The minimum atomic E-state index is 0.536. The van der Waals surface area contributed by atoms with Gasteiger partial charge in [0.15, 0.2) is 0 Å². The second-order valence-corrected chi connectivity index (χ2v) is 4.22. The van der Waals surface area contributed by atoms with E-state index in [1.165, 1.54) is 0 Å². The van der Waals surface area contributed by atoms with Crippen LogP contribution < -0.4 is 5.19 Å². The zero-order chi connectivity index (χ0) is 10.6. The van der Waals surface area contributed by atoms with Crippen molar-refractivity contribution in [2.45, 2.75) is 19.3 Å². The third-order valence-electron chi connectivity index (χ3n) is 1.91. The van der Waals surface area contributed by atoms with Crippen LogP contribution >= 0.6 is 23.2 Å². The molecule has 0 aliphatic heterocycles. The summed E-state index contributed by atoms with van der Waals surface area (Å²) in [7, 11) is 3.46. The second-order valence-electron chi connectivity index (χ2n) is 2.90. The number of unbranched alkanes of at least 4 members (excludes halogenated alkanes) is 1. The van der Waals surface area contributed by atoms with E-state index in [0.29, 0.717) is 16.5 Å². The van der Waals surface area contributed by atoms with Crippen molar-refractivity contribution in [3.05, 3.63) is 27.7 Å². The Bertz CT molecular complexity index is 371.